The van der Waals surface area contributed by atoms with Crippen LogP contribution in [0, 0.1) is 12.3 Å². The highest BCUT2D eigenvalue weighted by Crippen LogP contribution is 2.09. The molecule has 0 bridgehead atoms. The van der Waals surface area contributed by atoms with Crippen molar-refractivity contribution < 1.29 is 4.42 Å². The molecule has 3 heteroatoms. The lowest BCUT2D eigenvalue weighted by Gasteiger charge is -2.10. The highest BCUT2D eigenvalue weighted by atomic mass is 16.3. The Kier molecular flexibility index (Phi) is 4.96. The first-order valence-corrected chi connectivity index (χ1v) is 5.16. The molecule has 0 saturated carbocycles. The van der Waals surface area contributed by atoms with Crippen LogP contribution in [0.4, 0.5) is 0 Å². The van der Waals surface area contributed by atoms with Crippen LogP contribution >= 0.6 is 0 Å². The van der Waals surface area contributed by atoms with E-state index in [2.05, 4.69) is 18.2 Å². The molecule has 0 atom stereocenters. The minimum Gasteiger partial charge on any atom is -0.463 e. The van der Waals surface area contributed by atoms with Gasteiger partial charge < -0.3 is 9.73 Å². The molecule has 1 rings (SSSR count). The largest absolute Gasteiger partial charge is 0.463 e. The fraction of sp³-hybridized carbons (Fsp3) is 0.500. The monoisotopic (exact) mass is 206 g/mol. The number of hydrogen-bond donors (Lipinski definition) is 1. The molecule has 1 N–H and O–H groups in total. The molecule has 0 fully saturated rings. The van der Waals surface area contributed by atoms with Crippen molar-refractivity contribution in [1.29, 1.82) is 0 Å². The van der Waals surface area contributed by atoms with Crippen LogP contribution in [0.2, 0.25) is 0 Å². The molecule has 0 aliphatic carbocycles. The van der Waals surface area contributed by atoms with E-state index in [4.69, 9.17) is 10.8 Å². The van der Waals surface area contributed by atoms with Gasteiger partial charge >= 0.3 is 0 Å². The predicted molar refractivity (Wildman–Crippen MR) is 61.3 cm³/mol. The van der Waals surface area contributed by atoms with E-state index in [0.29, 0.717) is 6.54 Å². The summed E-state index contributed by atoms with van der Waals surface area (Å²) in [7, 11) is 1.98. The molecule has 0 aliphatic rings. The van der Waals surface area contributed by atoms with Crippen LogP contribution < -0.4 is 5.32 Å². The lowest BCUT2D eigenvalue weighted by molar-refractivity contribution is 0.318. The summed E-state index contributed by atoms with van der Waals surface area (Å²) in [5.74, 6) is 4.53. The van der Waals surface area contributed by atoms with Crippen LogP contribution in [-0.4, -0.2) is 25.0 Å². The Balaban J connectivity index is 2.42. The molecular weight excluding hydrogens is 188 g/mol. The highest BCUT2D eigenvalue weighted by molar-refractivity contribution is 5.07. The summed E-state index contributed by atoms with van der Waals surface area (Å²) in [5, 5.41) is 3.22. The van der Waals surface area contributed by atoms with Gasteiger partial charge in [0.2, 0.25) is 0 Å². The Bertz CT molecular complexity index is 325. The minimum absolute atomic E-state index is 0.642. The molecule has 0 unspecified atom stereocenters. The summed E-state index contributed by atoms with van der Waals surface area (Å²) in [4.78, 5) is 2.04. The van der Waals surface area contributed by atoms with E-state index >= 15 is 0 Å². The molecule has 1 aromatic rings. The molecule has 0 radical (unpaired) electrons. The molecule has 0 aliphatic heterocycles. The second-order valence-electron chi connectivity index (χ2n) is 3.52. The molecule has 1 heterocycles. The highest BCUT2D eigenvalue weighted by Gasteiger charge is 2.04. The van der Waals surface area contributed by atoms with Crippen LogP contribution in [0.1, 0.15) is 18.4 Å². The van der Waals surface area contributed by atoms with E-state index in [1.165, 1.54) is 0 Å². The quantitative estimate of drug-likeness (QED) is 0.714. The van der Waals surface area contributed by atoms with Crippen molar-refractivity contribution in [1.82, 2.24) is 10.2 Å². The fourth-order valence-corrected chi connectivity index (χ4v) is 1.33. The van der Waals surface area contributed by atoms with Gasteiger partial charge in [0.05, 0.1) is 19.6 Å². The zero-order valence-electron chi connectivity index (χ0n) is 9.42. The van der Waals surface area contributed by atoms with Gasteiger partial charge in [0, 0.05) is 0 Å². The van der Waals surface area contributed by atoms with Crippen molar-refractivity contribution in [2.75, 3.05) is 20.1 Å². The standard InChI is InChI=1S/C12H18N2O/c1-4-8-14(3)10-12-7-6-11(15-12)9-13-5-2/h1,6-7,13H,5,8-10H2,2-3H3. The van der Waals surface area contributed by atoms with Gasteiger partial charge in [0.25, 0.3) is 0 Å². The zero-order valence-corrected chi connectivity index (χ0v) is 9.42. The lowest BCUT2D eigenvalue weighted by atomic mass is 10.4. The first-order chi connectivity index (χ1) is 7.26. The normalized spacial score (nSPS) is 10.5. The van der Waals surface area contributed by atoms with Crippen molar-refractivity contribution in [2.45, 2.75) is 20.0 Å². The van der Waals surface area contributed by atoms with Gasteiger partial charge in [-0.25, -0.2) is 0 Å². The van der Waals surface area contributed by atoms with E-state index in [9.17, 15) is 0 Å². The Labute approximate surface area is 91.5 Å². The number of hydrogen-bond acceptors (Lipinski definition) is 3. The van der Waals surface area contributed by atoms with E-state index in [0.717, 1.165) is 31.2 Å². The van der Waals surface area contributed by atoms with Gasteiger partial charge in [-0.05, 0) is 25.7 Å². The molecule has 0 amide bonds. The molecular formula is C12H18N2O. The smallest absolute Gasteiger partial charge is 0.118 e. The maximum absolute atomic E-state index is 5.63. The third kappa shape index (κ3) is 4.20. The maximum Gasteiger partial charge on any atom is 0.118 e. The van der Waals surface area contributed by atoms with Gasteiger partial charge in [-0.2, -0.15) is 0 Å². The summed E-state index contributed by atoms with van der Waals surface area (Å²) in [5.41, 5.74) is 0. The average molecular weight is 206 g/mol. The number of furan rings is 1. The maximum atomic E-state index is 5.63. The molecule has 0 saturated heterocycles. The number of terminal acetylenes is 1. The third-order valence-corrected chi connectivity index (χ3v) is 2.05. The molecule has 82 valence electrons. The van der Waals surface area contributed by atoms with E-state index in [-0.39, 0.29) is 0 Å². The minimum atomic E-state index is 0.642. The van der Waals surface area contributed by atoms with E-state index in [1.54, 1.807) is 0 Å². The van der Waals surface area contributed by atoms with Crippen LogP contribution in [0.3, 0.4) is 0 Å². The molecule has 1 aromatic heterocycles. The van der Waals surface area contributed by atoms with Crippen LogP contribution in [-0.2, 0) is 13.1 Å². The zero-order chi connectivity index (χ0) is 11.1. The van der Waals surface area contributed by atoms with E-state index < -0.39 is 0 Å². The summed E-state index contributed by atoms with van der Waals surface area (Å²) in [6.45, 7) is 5.21. The van der Waals surface area contributed by atoms with Crippen LogP contribution in [0.25, 0.3) is 0 Å². The second kappa shape index (κ2) is 6.28. The van der Waals surface area contributed by atoms with Crippen molar-refractivity contribution >= 4 is 0 Å². The first-order valence-electron chi connectivity index (χ1n) is 5.16. The van der Waals surface area contributed by atoms with Crippen LogP contribution in [0.15, 0.2) is 16.5 Å². The SMILES string of the molecule is C#CCN(C)Cc1ccc(CNCC)o1. The van der Waals surface area contributed by atoms with Gasteiger partial charge in [-0.3, -0.25) is 4.90 Å². The van der Waals surface area contributed by atoms with Crippen LogP contribution in [0.5, 0.6) is 0 Å². The van der Waals surface area contributed by atoms with Crippen molar-refractivity contribution in [3.63, 3.8) is 0 Å². The summed E-state index contributed by atoms with van der Waals surface area (Å²) in [6, 6.07) is 4.00. The van der Waals surface area contributed by atoms with Crippen molar-refractivity contribution in [3.8, 4) is 12.3 Å². The molecule has 15 heavy (non-hydrogen) atoms. The van der Waals surface area contributed by atoms with Crippen molar-refractivity contribution in [3.05, 3.63) is 23.7 Å². The Morgan fingerprint density at radius 1 is 1.47 bits per heavy atom. The number of nitrogens with zero attached hydrogens (tertiary/aromatic N) is 1. The Morgan fingerprint density at radius 3 is 2.87 bits per heavy atom. The third-order valence-electron chi connectivity index (χ3n) is 2.05. The van der Waals surface area contributed by atoms with Crippen molar-refractivity contribution in [2.24, 2.45) is 0 Å². The lowest BCUT2D eigenvalue weighted by Crippen LogP contribution is -2.17. The predicted octanol–water partition coefficient (Wildman–Crippen LogP) is 1.45. The number of rotatable bonds is 6. The van der Waals surface area contributed by atoms with E-state index in [1.807, 2.05) is 24.1 Å². The first kappa shape index (κ1) is 11.8. The number of nitrogens with one attached hydrogen (secondary N) is 1. The second-order valence-corrected chi connectivity index (χ2v) is 3.52. The molecule has 3 nitrogen and oxygen atoms in total. The van der Waals surface area contributed by atoms with Gasteiger partial charge in [0.1, 0.15) is 11.5 Å². The van der Waals surface area contributed by atoms with Gasteiger partial charge in [-0.15, -0.1) is 6.42 Å². The summed E-state index contributed by atoms with van der Waals surface area (Å²) < 4.78 is 5.63. The van der Waals surface area contributed by atoms with Gasteiger partial charge in [-0.1, -0.05) is 12.8 Å². The molecule has 0 aromatic carbocycles. The summed E-state index contributed by atoms with van der Waals surface area (Å²) >= 11 is 0. The topological polar surface area (TPSA) is 28.4 Å². The fourth-order valence-electron chi connectivity index (χ4n) is 1.33. The summed E-state index contributed by atoms with van der Waals surface area (Å²) in [6.07, 6.45) is 5.22. The molecule has 0 spiro atoms. The van der Waals surface area contributed by atoms with Gasteiger partial charge in [0.15, 0.2) is 0 Å². The average Bonchev–Trinajstić information content (AvgIpc) is 2.63. The Hall–Kier alpha value is -1.24. The Morgan fingerprint density at radius 2 is 2.20 bits per heavy atom.